The molecule has 0 spiro atoms. The van der Waals surface area contributed by atoms with Gasteiger partial charge >= 0.3 is 0 Å². The van der Waals surface area contributed by atoms with Crippen molar-refractivity contribution in [2.75, 3.05) is 5.73 Å². The van der Waals surface area contributed by atoms with Gasteiger partial charge in [0.2, 0.25) is 0 Å². The Morgan fingerprint density at radius 3 is 2.64 bits per heavy atom. The van der Waals surface area contributed by atoms with Crippen molar-refractivity contribution in [3.8, 4) is 0 Å². The van der Waals surface area contributed by atoms with Crippen LogP contribution in [0.2, 0.25) is 5.02 Å². The Morgan fingerprint density at radius 1 is 1.64 bits per heavy atom. The number of rotatable bonds is 2. The SMILES string of the molecule is CCCn1nc(C)c(Cl)c1N. The van der Waals surface area contributed by atoms with Crippen LogP contribution in [-0.2, 0) is 6.54 Å². The molecule has 2 N–H and O–H groups in total. The van der Waals surface area contributed by atoms with E-state index in [0.29, 0.717) is 10.8 Å². The highest BCUT2D eigenvalue weighted by molar-refractivity contribution is 6.33. The van der Waals surface area contributed by atoms with Gasteiger partial charge in [0.25, 0.3) is 0 Å². The number of nitrogen functional groups attached to an aromatic ring is 1. The normalized spacial score (nSPS) is 10.5. The average molecular weight is 174 g/mol. The van der Waals surface area contributed by atoms with Gasteiger partial charge < -0.3 is 5.73 Å². The molecule has 0 aliphatic heterocycles. The summed E-state index contributed by atoms with van der Waals surface area (Å²) in [4.78, 5) is 0. The molecule has 1 aromatic heterocycles. The number of anilines is 1. The first-order valence-electron chi connectivity index (χ1n) is 3.65. The van der Waals surface area contributed by atoms with Crippen molar-refractivity contribution >= 4 is 17.4 Å². The first-order valence-corrected chi connectivity index (χ1v) is 4.03. The molecule has 0 fully saturated rings. The molecule has 0 atom stereocenters. The van der Waals surface area contributed by atoms with Crippen LogP contribution in [0, 0.1) is 6.92 Å². The van der Waals surface area contributed by atoms with Crippen LogP contribution < -0.4 is 5.73 Å². The molecule has 0 bridgehead atoms. The molecule has 0 amide bonds. The number of hydrogen-bond acceptors (Lipinski definition) is 2. The van der Waals surface area contributed by atoms with Crippen molar-refractivity contribution in [2.45, 2.75) is 26.8 Å². The second-order valence-electron chi connectivity index (χ2n) is 2.51. The van der Waals surface area contributed by atoms with Gasteiger partial charge in [-0.1, -0.05) is 18.5 Å². The van der Waals surface area contributed by atoms with Crippen molar-refractivity contribution < 1.29 is 0 Å². The van der Waals surface area contributed by atoms with Gasteiger partial charge in [-0.2, -0.15) is 5.10 Å². The predicted molar refractivity (Wildman–Crippen MR) is 46.7 cm³/mol. The van der Waals surface area contributed by atoms with Crippen LogP contribution in [-0.4, -0.2) is 9.78 Å². The molecule has 3 nitrogen and oxygen atoms in total. The zero-order valence-corrected chi connectivity index (χ0v) is 7.52. The number of hydrogen-bond donors (Lipinski definition) is 1. The second kappa shape index (κ2) is 3.13. The zero-order valence-electron chi connectivity index (χ0n) is 6.76. The monoisotopic (exact) mass is 173 g/mol. The van der Waals surface area contributed by atoms with Gasteiger partial charge in [-0.05, 0) is 13.3 Å². The van der Waals surface area contributed by atoms with E-state index in [1.165, 1.54) is 0 Å². The molecule has 0 aromatic carbocycles. The number of halogens is 1. The largest absolute Gasteiger partial charge is 0.383 e. The summed E-state index contributed by atoms with van der Waals surface area (Å²) in [5.74, 6) is 0.575. The molecule has 0 aliphatic carbocycles. The second-order valence-corrected chi connectivity index (χ2v) is 2.89. The van der Waals surface area contributed by atoms with Crippen LogP contribution in [0.25, 0.3) is 0 Å². The molecule has 0 unspecified atom stereocenters. The molecule has 1 aromatic rings. The molecule has 1 heterocycles. The fourth-order valence-electron chi connectivity index (χ4n) is 0.960. The molecule has 4 heteroatoms. The Morgan fingerprint density at radius 2 is 2.27 bits per heavy atom. The molecule has 0 aliphatic rings. The molecular formula is C7H12ClN3. The van der Waals surface area contributed by atoms with Gasteiger partial charge in [-0.25, -0.2) is 4.68 Å². The van der Waals surface area contributed by atoms with Crippen molar-refractivity contribution in [1.29, 1.82) is 0 Å². The first-order chi connectivity index (χ1) is 5.16. The van der Waals surface area contributed by atoms with Crippen molar-refractivity contribution in [1.82, 2.24) is 9.78 Å². The lowest BCUT2D eigenvalue weighted by Gasteiger charge is -1.99. The summed E-state index contributed by atoms with van der Waals surface area (Å²) < 4.78 is 1.73. The van der Waals surface area contributed by atoms with Gasteiger partial charge in [-0.3, -0.25) is 0 Å². The minimum Gasteiger partial charge on any atom is -0.383 e. The lowest BCUT2D eigenvalue weighted by Crippen LogP contribution is -2.03. The van der Waals surface area contributed by atoms with Crippen molar-refractivity contribution in [3.05, 3.63) is 10.7 Å². The van der Waals surface area contributed by atoms with Crippen molar-refractivity contribution in [3.63, 3.8) is 0 Å². The summed E-state index contributed by atoms with van der Waals surface area (Å²) in [6.45, 7) is 4.76. The topological polar surface area (TPSA) is 43.8 Å². The van der Waals surface area contributed by atoms with Crippen molar-refractivity contribution in [2.24, 2.45) is 0 Å². The summed E-state index contributed by atoms with van der Waals surface area (Å²) in [6, 6.07) is 0. The van der Waals surface area contributed by atoms with Crippen LogP contribution in [0.5, 0.6) is 0 Å². The van der Waals surface area contributed by atoms with Gasteiger partial charge in [0.05, 0.1) is 5.69 Å². The van der Waals surface area contributed by atoms with Crippen LogP contribution >= 0.6 is 11.6 Å². The molecule has 1 rings (SSSR count). The minimum absolute atomic E-state index is 0.575. The fraction of sp³-hybridized carbons (Fsp3) is 0.571. The molecule has 0 saturated carbocycles. The van der Waals surface area contributed by atoms with Crippen LogP contribution in [0.3, 0.4) is 0 Å². The summed E-state index contributed by atoms with van der Waals surface area (Å²) in [5, 5.41) is 4.74. The highest BCUT2D eigenvalue weighted by Crippen LogP contribution is 2.21. The summed E-state index contributed by atoms with van der Waals surface area (Å²) in [5.41, 5.74) is 6.46. The maximum atomic E-state index is 5.83. The van der Waals surface area contributed by atoms with Gasteiger partial charge in [0.1, 0.15) is 10.8 Å². The number of aryl methyl sites for hydroxylation is 2. The van der Waals surface area contributed by atoms with E-state index in [0.717, 1.165) is 18.7 Å². The number of aromatic nitrogens is 2. The summed E-state index contributed by atoms with van der Waals surface area (Å²) >= 11 is 5.83. The van der Waals surface area contributed by atoms with Gasteiger partial charge in [0.15, 0.2) is 0 Å². The third-order valence-corrected chi connectivity index (χ3v) is 1.99. The highest BCUT2D eigenvalue weighted by Gasteiger charge is 2.07. The quantitative estimate of drug-likeness (QED) is 0.742. The van der Waals surface area contributed by atoms with E-state index in [-0.39, 0.29) is 0 Å². The van der Waals surface area contributed by atoms with Gasteiger partial charge in [0, 0.05) is 6.54 Å². The lowest BCUT2D eigenvalue weighted by atomic mass is 10.4. The van der Waals surface area contributed by atoms with E-state index in [2.05, 4.69) is 12.0 Å². The van der Waals surface area contributed by atoms with Crippen LogP contribution in [0.4, 0.5) is 5.82 Å². The molecule has 11 heavy (non-hydrogen) atoms. The molecule has 62 valence electrons. The maximum Gasteiger partial charge on any atom is 0.140 e. The maximum absolute atomic E-state index is 5.83. The molecule has 0 saturated heterocycles. The van der Waals surface area contributed by atoms with Crippen LogP contribution in [0.1, 0.15) is 19.0 Å². The first kappa shape index (κ1) is 8.40. The highest BCUT2D eigenvalue weighted by atomic mass is 35.5. The van der Waals surface area contributed by atoms with E-state index < -0.39 is 0 Å². The Balaban J connectivity index is 2.98. The predicted octanol–water partition coefficient (Wildman–Crippen LogP) is 1.84. The fourth-order valence-corrected chi connectivity index (χ4v) is 1.10. The Kier molecular flexibility index (Phi) is 2.39. The Hall–Kier alpha value is -0.700. The third-order valence-electron chi connectivity index (χ3n) is 1.53. The molecular weight excluding hydrogens is 162 g/mol. The van der Waals surface area contributed by atoms with E-state index in [1.807, 2.05) is 6.92 Å². The summed E-state index contributed by atoms with van der Waals surface area (Å²) in [7, 11) is 0. The Bertz CT molecular complexity index is 254. The van der Waals surface area contributed by atoms with E-state index >= 15 is 0 Å². The molecule has 0 radical (unpaired) electrons. The van der Waals surface area contributed by atoms with E-state index in [1.54, 1.807) is 4.68 Å². The smallest absolute Gasteiger partial charge is 0.140 e. The average Bonchev–Trinajstić information content (AvgIpc) is 2.19. The number of nitrogens with zero attached hydrogens (tertiary/aromatic N) is 2. The van der Waals surface area contributed by atoms with Gasteiger partial charge in [-0.15, -0.1) is 0 Å². The zero-order chi connectivity index (χ0) is 8.43. The van der Waals surface area contributed by atoms with E-state index in [9.17, 15) is 0 Å². The van der Waals surface area contributed by atoms with Crippen LogP contribution in [0.15, 0.2) is 0 Å². The summed E-state index contributed by atoms with van der Waals surface area (Å²) in [6.07, 6.45) is 1.02. The standard InChI is InChI=1S/C7H12ClN3/c1-3-4-11-7(9)6(8)5(2)10-11/h3-4,9H2,1-2H3. The number of nitrogens with two attached hydrogens (primary N) is 1. The lowest BCUT2D eigenvalue weighted by molar-refractivity contribution is 0.606. The minimum atomic E-state index is 0.575. The Labute approximate surface area is 71.1 Å². The third kappa shape index (κ3) is 1.48. The van der Waals surface area contributed by atoms with E-state index in [4.69, 9.17) is 17.3 Å².